The summed E-state index contributed by atoms with van der Waals surface area (Å²) in [6, 6.07) is 4.72. The molecule has 3 heteroatoms. The van der Waals surface area contributed by atoms with Gasteiger partial charge in [-0.15, -0.1) is 11.3 Å². The molecule has 0 aliphatic carbocycles. The van der Waals surface area contributed by atoms with Crippen molar-refractivity contribution in [2.45, 2.75) is 51.2 Å². The van der Waals surface area contributed by atoms with E-state index < -0.39 is 0 Å². The second-order valence-electron chi connectivity index (χ2n) is 4.90. The van der Waals surface area contributed by atoms with Crippen molar-refractivity contribution in [2.75, 3.05) is 13.1 Å². The van der Waals surface area contributed by atoms with E-state index in [0.717, 1.165) is 25.9 Å². The number of aliphatic hydroxyl groups excluding tert-OH is 1. The molecule has 0 aromatic carbocycles. The van der Waals surface area contributed by atoms with Crippen LogP contribution in [0, 0.1) is 0 Å². The van der Waals surface area contributed by atoms with Crippen LogP contribution in [0.15, 0.2) is 17.5 Å². The number of likely N-dealkylation sites (tertiary alicyclic amines) is 1. The van der Waals surface area contributed by atoms with E-state index in [9.17, 15) is 5.11 Å². The smallest absolute Gasteiger partial charge is 0.0692 e. The Morgan fingerprint density at radius 3 is 3.12 bits per heavy atom. The maximum atomic E-state index is 10.1. The summed E-state index contributed by atoms with van der Waals surface area (Å²) in [5.74, 6) is 0. The van der Waals surface area contributed by atoms with E-state index in [2.05, 4.69) is 29.3 Å². The van der Waals surface area contributed by atoms with E-state index in [1.165, 1.54) is 24.1 Å². The fraction of sp³-hybridized carbons (Fsp3) is 0.714. The molecule has 0 bridgehead atoms. The summed E-state index contributed by atoms with van der Waals surface area (Å²) in [5, 5.41) is 12.2. The van der Waals surface area contributed by atoms with Gasteiger partial charge in [0, 0.05) is 17.5 Å². The minimum absolute atomic E-state index is 0.140. The molecule has 2 atom stereocenters. The lowest BCUT2D eigenvalue weighted by molar-refractivity contribution is 0.0248. The Morgan fingerprint density at radius 1 is 1.53 bits per heavy atom. The predicted molar refractivity (Wildman–Crippen MR) is 73.5 cm³/mol. The maximum Gasteiger partial charge on any atom is 0.0692 e. The predicted octanol–water partition coefficient (Wildman–Crippen LogP) is 2.92. The lowest BCUT2D eigenvalue weighted by atomic mass is 9.95. The fourth-order valence-corrected chi connectivity index (χ4v) is 3.41. The summed E-state index contributed by atoms with van der Waals surface area (Å²) >= 11 is 1.84. The molecule has 1 aromatic heterocycles. The molecular weight excluding hydrogens is 230 g/mol. The fourth-order valence-electron chi connectivity index (χ4n) is 2.71. The van der Waals surface area contributed by atoms with Gasteiger partial charge in [0.2, 0.25) is 0 Å². The van der Waals surface area contributed by atoms with Gasteiger partial charge in [-0.1, -0.05) is 19.4 Å². The molecule has 96 valence electrons. The van der Waals surface area contributed by atoms with Crippen molar-refractivity contribution in [1.82, 2.24) is 4.90 Å². The normalized spacial score (nSPS) is 23.8. The second kappa shape index (κ2) is 6.53. The molecule has 0 radical (unpaired) electrons. The highest BCUT2D eigenvalue weighted by atomic mass is 32.1. The highest BCUT2D eigenvalue weighted by Gasteiger charge is 2.27. The molecule has 2 heterocycles. The largest absolute Gasteiger partial charge is 0.392 e. The summed E-state index contributed by atoms with van der Waals surface area (Å²) in [6.07, 6.45) is 5.59. The Balaban J connectivity index is 1.87. The topological polar surface area (TPSA) is 23.5 Å². The molecule has 1 aliphatic heterocycles. The van der Waals surface area contributed by atoms with Crippen LogP contribution in [-0.4, -0.2) is 35.2 Å². The number of hydrogen-bond donors (Lipinski definition) is 1. The van der Waals surface area contributed by atoms with E-state index in [-0.39, 0.29) is 6.10 Å². The highest BCUT2D eigenvalue weighted by molar-refractivity contribution is 7.09. The van der Waals surface area contributed by atoms with Crippen LogP contribution in [0.1, 0.15) is 37.5 Å². The second-order valence-corrected chi connectivity index (χ2v) is 5.94. The highest BCUT2D eigenvalue weighted by Crippen LogP contribution is 2.22. The van der Waals surface area contributed by atoms with E-state index in [1.54, 1.807) is 0 Å². The van der Waals surface area contributed by atoms with E-state index in [0.29, 0.717) is 6.04 Å². The van der Waals surface area contributed by atoms with Crippen molar-refractivity contribution < 1.29 is 5.11 Å². The van der Waals surface area contributed by atoms with Gasteiger partial charge in [-0.25, -0.2) is 0 Å². The van der Waals surface area contributed by atoms with Gasteiger partial charge >= 0.3 is 0 Å². The third kappa shape index (κ3) is 3.54. The molecule has 0 spiro atoms. The van der Waals surface area contributed by atoms with Gasteiger partial charge in [0.15, 0.2) is 0 Å². The number of rotatable bonds is 5. The molecule has 1 N–H and O–H groups in total. The third-order valence-electron chi connectivity index (χ3n) is 3.75. The van der Waals surface area contributed by atoms with Crippen molar-refractivity contribution in [3.63, 3.8) is 0 Å². The first-order chi connectivity index (χ1) is 8.31. The van der Waals surface area contributed by atoms with Crippen molar-refractivity contribution in [1.29, 1.82) is 0 Å². The Morgan fingerprint density at radius 2 is 2.41 bits per heavy atom. The van der Waals surface area contributed by atoms with Crippen LogP contribution in [0.2, 0.25) is 0 Å². The van der Waals surface area contributed by atoms with Gasteiger partial charge in [-0.2, -0.15) is 0 Å². The molecule has 2 unspecified atom stereocenters. The molecule has 1 fully saturated rings. The zero-order valence-electron chi connectivity index (χ0n) is 10.6. The zero-order valence-corrected chi connectivity index (χ0v) is 11.5. The molecule has 0 amide bonds. The molecule has 17 heavy (non-hydrogen) atoms. The number of aliphatic hydroxyl groups is 1. The Kier molecular flexibility index (Phi) is 5.01. The van der Waals surface area contributed by atoms with Gasteiger partial charge < -0.3 is 5.11 Å². The molecule has 2 rings (SSSR count). The summed E-state index contributed by atoms with van der Waals surface area (Å²) < 4.78 is 0. The van der Waals surface area contributed by atoms with Crippen molar-refractivity contribution in [3.05, 3.63) is 22.4 Å². The van der Waals surface area contributed by atoms with Crippen molar-refractivity contribution >= 4 is 11.3 Å². The van der Waals surface area contributed by atoms with Crippen LogP contribution in [0.25, 0.3) is 0 Å². The number of nitrogens with zero attached hydrogens (tertiary/aromatic N) is 1. The van der Waals surface area contributed by atoms with Gasteiger partial charge in [0.05, 0.1) is 6.10 Å². The van der Waals surface area contributed by atoms with Crippen LogP contribution < -0.4 is 0 Å². The maximum absolute atomic E-state index is 10.1. The lowest BCUT2D eigenvalue weighted by Crippen LogP contribution is -2.47. The van der Waals surface area contributed by atoms with Crippen LogP contribution in [0.5, 0.6) is 0 Å². The number of piperidine rings is 1. The van der Waals surface area contributed by atoms with E-state index >= 15 is 0 Å². The SMILES string of the molecule is CCC(O)C1CCCCN1CCc1cccs1. The first-order valence-electron chi connectivity index (χ1n) is 6.75. The Hall–Kier alpha value is -0.380. The van der Waals surface area contributed by atoms with Gasteiger partial charge in [-0.3, -0.25) is 4.90 Å². The standard InChI is InChI=1S/C14H23NOS/c1-2-14(16)13-7-3-4-9-15(13)10-8-12-6-5-11-17-12/h5-6,11,13-14,16H,2-4,7-10H2,1H3. The monoisotopic (exact) mass is 253 g/mol. The minimum atomic E-state index is -0.140. The lowest BCUT2D eigenvalue weighted by Gasteiger charge is -2.38. The average Bonchev–Trinajstić information content (AvgIpc) is 2.89. The molecule has 1 aliphatic rings. The molecule has 1 saturated heterocycles. The summed E-state index contributed by atoms with van der Waals surface area (Å²) in [7, 11) is 0. The van der Waals surface area contributed by atoms with Crippen LogP contribution >= 0.6 is 11.3 Å². The zero-order chi connectivity index (χ0) is 12.1. The Bertz CT molecular complexity index is 312. The number of thiophene rings is 1. The van der Waals surface area contributed by atoms with Gasteiger partial charge in [-0.05, 0) is 43.7 Å². The molecule has 2 nitrogen and oxygen atoms in total. The van der Waals surface area contributed by atoms with Crippen molar-refractivity contribution in [2.24, 2.45) is 0 Å². The van der Waals surface area contributed by atoms with E-state index in [4.69, 9.17) is 0 Å². The summed E-state index contributed by atoms with van der Waals surface area (Å²) in [5.41, 5.74) is 0. The van der Waals surface area contributed by atoms with Gasteiger partial charge in [0.25, 0.3) is 0 Å². The van der Waals surface area contributed by atoms with Gasteiger partial charge in [0.1, 0.15) is 0 Å². The quantitative estimate of drug-likeness (QED) is 0.872. The third-order valence-corrected chi connectivity index (χ3v) is 4.69. The van der Waals surface area contributed by atoms with Crippen molar-refractivity contribution in [3.8, 4) is 0 Å². The van der Waals surface area contributed by atoms with Crippen LogP contribution in [-0.2, 0) is 6.42 Å². The van der Waals surface area contributed by atoms with E-state index in [1.807, 2.05) is 11.3 Å². The summed E-state index contributed by atoms with van der Waals surface area (Å²) in [4.78, 5) is 3.96. The first-order valence-corrected chi connectivity index (χ1v) is 7.63. The van der Waals surface area contributed by atoms with Crippen LogP contribution in [0.4, 0.5) is 0 Å². The molecular formula is C14H23NOS. The first kappa shape index (κ1) is 13.1. The summed E-state index contributed by atoms with van der Waals surface area (Å²) in [6.45, 7) is 4.34. The molecule has 0 saturated carbocycles. The minimum Gasteiger partial charge on any atom is -0.392 e. The van der Waals surface area contributed by atoms with Crippen LogP contribution in [0.3, 0.4) is 0 Å². The Labute approximate surface area is 108 Å². The molecule has 1 aromatic rings. The number of hydrogen-bond acceptors (Lipinski definition) is 3. The average molecular weight is 253 g/mol.